The van der Waals surface area contributed by atoms with E-state index in [0.29, 0.717) is 17.1 Å². The first-order chi connectivity index (χ1) is 6.67. The molecule has 0 saturated carbocycles. The minimum atomic E-state index is 0.598. The van der Waals surface area contributed by atoms with E-state index < -0.39 is 0 Å². The lowest BCUT2D eigenvalue weighted by Gasteiger charge is -2.10. The van der Waals surface area contributed by atoms with Crippen molar-refractivity contribution in [3.8, 4) is 0 Å². The van der Waals surface area contributed by atoms with E-state index in [1.54, 1.807) is 19.2 Å². The van der Waals surface area contributed by atoms with Crippen molar-refractivity contribution >= 4 is 17.6 Å². The van der Waals surface area contributed by atoms with Gasteiger partial charge in [0.25, 0.3) is 0 Å². The highest BCUT2D eigenvalue weighted by Gasteiger charge is 1.98. The molecule has 0 fully saturated rings. The van der Waals surface area contributed by atoms with Crippen molar-refractivity contribution < 1.29 is 0 Å². The molecule has 4 heteroatoms. The molecule has 4 nitrogen and oxygen atoms in total. The van der Waals surface area contributed by atoms with Gasteiger partial charge in [0, 0.05) is 30.2 Å². The average Bonchev–Trinajstić information content (AvgIpc) is 2.20. The SMILES string of the molecule is C=C(NC)Nc1ccc(N)c(C=N)c1. The summed E-state index contributed by atoms with van der Waals surface area (Å²) in [6, 6.07) is 5.39. The van der Waals surface area contributed by atoms with Gasteiger partial charge in [0.05, 0.1) is 5.82 Å². The van der Waals surface area contributed by atoms with Gasteiger partial charge in [-0.15, -0.1) is 0 Å². The van der Waals surface area contributed by atoms with Crippen molar-refractivity contribution in [3.63, 3.8) is 0 Å². The maximum Gasteiger partial charge on any atom is 0.0954 e. The molecule has 0 spiro atoms. The molecular formula is C10H14N4. The maximum atomic E-state index is 7.14. The predicted octanol–water partition coefficient (Wildman–Crippen LogP) is 1.37. The van der Waals surface area contributed by atoms with Gasteiger partial charge >= 0.3 is 0 Å². The molecule has 74 valence electrons. The van der Waals surface area contributed by atoms with Crippen LogP contribution in [0.25, 0.3) is 0 Å². The van der Waals surface area contributed by atoms with Crippen LogP contribution in [-0.2, 0) is 0 Å². The fourth-order valence-electron chi connectivity index (χ4n) is 1.01. The van der Waals surface area contributed by atoms with Gasteiger partial charge in [-0.25, -0.2) is 0 Å². The summed E-state index contributed by atoms with van der Waals surface area (Å²) in [4.78, 5) is 0. The third kappa shape index (κ3) is 2.26. The Kier molecular flexibility index (Phi) is 3.12. The zero-order valence-corrected chi connectivity index (χ0v) is 8.09. The number of anilines is 2. The maximum absolute atomic E-state index is 7.14. The van der Waals surface area contributed by atoms with Gasteiger partial charge in [-0.3, -0.25) is 0 Å². The largest absolute Gasteiger partial charge is 0.398 e. The van der Waals surface area contributed by atoms with Crippen LogP contribution in [0.1, 0.15) is 5.56 Å². The molecule has 0 radical (unpaired) electrons. The molecule has 5 N–H and O–H groups in total. The van der Waals surface area contributed by atoms with Crippen LogP contribution in [0.5, 0.6) is 0 Å². The van der Waals surface area contributed by atoms with Crippen LogP contribution in [0, 0.1) is 5.41 Å². The lowest BCUT2D eigenvalue weighted by molar-refractivity contribution is 1.00. The van der Waals surface area contributed by atoms with Gasteiger partial charge in [0.1, 0.15) is 0 Å². The van der Waals surface area contributed by atoms with Crippen molar-refractivity contribution in [2.75, 3.05) is 18.1 Å². The van der Waals surface area contributed by atoms with Gasteiger partial charge in [0.2, 0.25) is 0 Å². The molecule has 0 amide bonds. The molecule has 1 rings (SSSR count). The minimum Gasteiger partial charge on any atom is -0.398 e. The molecule has 0 saturated heterocycles. The molecule has 0 unspecified atom stereocenters. The summed E-state index contributed by atoms with van der Waals surface area (Å²) in [6.07, 6.45) is 1.22. The third-order valence-corrected chi connectivity index (χ3v) is 1.84. The van der Waals surface area contributed by atoms with Crippen molar-refractivity contribution in [2.45, 2.75) is 0 Å². The second-order valence-corrected chi connectivity index (χ2v) is 2.84. The summed E-state index contributed by atoms with van der Waals surface area (Å²) in [5, 5.41) is 13.0. The number of nitrogens with one attached hydrogen (secondary N) is 3. The van der Waals surface area contributed by atoms with Crippen LogP contribution in [0.4, 0.5) is 11.4 Å². The van der Waals surface area contributed by atoms with E-state index in [9.17, 15) is 0 Å². The molecular weight excluding hydrogens is 176 g/mol. The highest BCUT2D eigenvalue weighted by molar-refractivity contribution is 5.86. The van der Waals surface area contributed by atoms with E-state index in [0.717, 1.165) is 5.69 Å². The fraction of sp³-hybridized carbons (Fsp3) is 0.100. The van der Waals surface area contributed by atoms with Crippen molar-refractivity contribution in [3.05, 3.63) is 36.2 Å². The highest BCUT2D eigenvalue weighted by Crippen LogP contribution is 2.16. The lowest BCUT2D eigenvalue weighted by Crippen LogP contribution is -2.13. The Morgan fingerprint density at radius 1 is 1.57 bits per heavy atom. The molecule has 0 aromatic heterocycles. The van der Waals surface area contributed by atoms with Crippen LogP contribution in [-0.4, -0.2) is 13.3 Å². The topological polar surface area (TPSA) is 73.9 Å². The number of hydrogen-bond acceptors (Lipinski definition) is 4. The van der Waals surface area contributed by atoms with Crippen LogP contribution in [0.15, 0.2) is 30.6 Å². The first-order valence-corrected chi connectivity index (χ1v) is 4.21. The Morgan fingerprint density at radius 3 is 2.86 bits per heavy atom. The van der Waals surface area contributed by atoms with Gasteiger partial charge in [0.15, 0.2) is 0 Å². The number of nitrogen functional groups attached to an aromatic ring is 1. The zero-order valence-electron chi connectivity index (χ0n) is 8.09. The van der Waals surface area contributed by atoms with Gasteiger partial charge in [-0.1, -0.05) is 6.58 Å². The molecule has 0 heterocycles. The summed E-state index contributed by atoms with van der Waals surface area (Å²) in [5.74, 6) is 0.700. The summed E-state index contributed by atoms with van der Waals surface area (Å²) in [7, 11) is 1.78. The normalized spacial score (nSPS) is 9.21. The Hall–Kier alpha value is -1.97. The van der Waals surface area contributed by atoms with Crippen LogP contribution >= 0.6 is 0 Å². The summed E-state index contributed by atoms with van der Waals surface area (Å²) < 4.78 is 0. The number of benzene rings is 1. The van der Waals surface area contributed by atoms with Crippen molar-refractivity contribution in [1.29, 1.82) is 5.41 Å². The molecule has 0 aliphatic carbocycles. The first-order valence-electron chi connectivity index (χ1n) is 4.21. The fourth-order valence-corrected chi connectivity index (χ4v) is 1.01. The number of nitrogens with two attached hydrogens (primary N) is 1. The standard InChI is InChI=1S/C10H14N4/c1-7(13-2)14-9-3-4-10(12)8(5-9)6-11/h3-6,11,13-14H,1,12H2,2H3. The smallest absolute Gasteiger partial charge is 0.0954 e. The molecule has 0 aliphatic rings. The Bertz CT molecular complexity index is 357. The van der Waals surface area contributed by atoms with E-state index in [4.69, 9.17) is 11.1 Å². The Morgan fingerprint density at radius 2 is 2.29 bits per heavy atom. The second kappa shape index (κ2) is 4.32. The monoisotopic (exact) mass is 190 g/mol. The highest BCUT2D eigenvalue weighted by atomic mass is 15.1. The number of rotatable bonds is 4. The van der Waals surface area contributed by atoms with Crippen LogP contribution in [0.2, 0.25) is 0 Å². The quantitative estimate of drug-likeness (QED) is 0.428. The predicted molar refractivity (Wildman–Crippen MR) is 60.6 cm³/mol. The Balaban J connectivity index is 2.89. The lowest BCUT2D eigenvalue weighted by atomic mass is 10.2. The van der Waals surface area contributed by atoms with Crippen molar-refractivity contribution in [2.24, 2.45) is 0 Å². The summed E-state index contributed by atoms with van der Waals surface area (Å²) >= 11 is 0. The molecule has 1 aromatic rings. The van der Waals surface area contributed by atoms with E-state index in [-0.39, 0.29) is 0 Å². The van der Waals surface area contributed by atoms with E-state index in [1.165, 1.54) is 6.21 Å². The minimum absolute atomic E-state index is 0.598. The Labute approximate surface area is 83.3 Å². The molecule has 14 heavy (non-hydrogen) atoms. The average molecular weight is 190 g/mol. The van der Waals surface area contributed by atoms with E-state index in [1.807, 2.05) is 6.07 Å². The molecule has 0 bridgehead atoms. The van der Waals surface area contributed by atoms with Gasteiger partial charge < -0.3 is 21.8 Å². The van der Waals surface area contributed by atoms with Gasteiger partial charge in [-0.2, -0.15) is 0 Å². The zero-order chi connectivity index (χ0) is 10.6. The summed E-state index contributed by atoms with van der Waals surface area (Å²) in [5.41, 5.74) is 7.80. The van der Waals surface area contributed by atoms with E-state index in [2.05, 4.69) is 17.2 Å². The van der Waals surface area contributed by atoms with E-state index >= 15 is 0 Å². The van der Waals surface area contributed by atoms with Crippen LogP contribution in [0.3, 0.4) is 0 Å². The first kappa shape index (κ1) is 10.1. The molecule has 0 atom stereocenters. The third-order valence-electron chi connectivity index (χ3n) is 1.84. The van der Waals surface area contributed by atoms with Crippen LogP contribution < -0.4 is 16.4 Å². The van der Waals surface area contributed by atoms with Gasteiger partial charge in [-0.05, 0) is 18.2 Å². The molecule has 1 aromatic carbocycles. The number of hydrogen-bond donors (Lipinski definition) is 4. The molecule has 0 aliphatic heterocycles. The summed E-state index contributed by atoms with van der Waals surface area (Å²) in [6.45, 7) is 3.74. The second-order valence-electron chi connectivity index (χ2n) is 2.84. The van der Waals surface area contributed by atoms with Crippen molar-refractivity contribution in [1.82, 2.24) is 5.32 Å².